The van der Waals surface area contributed by atoms with Crippen LogP contribution >= 0.6 is 15.9 Å². The average molecular weight is 339 g/mol. The molecule has 0 spiro atoms. The fourth-order valence-electron chi connectivity index (χ4n) is 2.13. The molecule has 5 nitrogen and oxygen atoms in total. The van der Waals surface area contributed by atoms with E-state index in [0.29, 0.717) is 35.8 Å². The fraction of sp³-hybridized carbons (Fsp3) is 0.500. The standard InChI is InChI=1S/C14H19BrN4O/c1-9(2)5-10(7-16)6-13-18-14(19-20-13)12-4-3-11(15)8-17-12/h3-4,8-10H,5-7,16H2,1-2H3/t10-/m0/s1. The van der Waals surface area contributed by atoms with Crippen molar-refractivity contribution in [3.05, 3.63) is 28.7 Å². The van der Waals surface area contributed by atoms with E-state index in [-0.39, 0.29) is 0 Å². The molecule has 0 aromatic carbocycles. The molecule has 2 aromatic rings. The Bertz CT molecular complexity index is 538. The summed E-state index contributed by atoms with van der Waals surface area (Å²) >= 11 is 3.35. The maximum Gasteiger partial charge on any atom is 0.227 e. The number of hydrogen-bond acceptors (Lipinski definition) is 5. The molecule has 2 rings (SSSR count). The molecule has 6 heteroatoms. The Kier molecular flexibility index (Phi) is 5.25. The quantitative estimate of drug-likeness (QED) is 0.875. The first-order chi connectivity index (χ1) is 9.58. The largest absolute Gasteiger partial charge is 0.339 e. The van der Waals surface area contributed by atoms with Crippen LogP contribution in [-0.4, -0.2) is 21.7 Å². The van der Waals surface area contributed by atoms with Gasteiger partial charge < -0.3 is 10.3 Å². The summed E-state index contributed by atoms with van der Waals surface area (Å²) in [6.45, 7) is 5.01. The van der Waals surface area contributed by atoms with E-state index in [0.717, 1.165) is 17.3 Å². The molecule has 0 aliphatic carbocycles. The second-order valence-electron chi connectivity index (χ2n) is 5.31. The third-order valence-electron chi connectivity index (χ3n) is 3.03. The van der Waals surface area contributed by atoms with Crippen LogP contribution in [0.1, 0.15) is 26.2 Å². The minimum absolute atomic E-state index is 0.376. The van der Waals surface area contributed by atoms with Crippen LogP contribution in [0.25, 0.3) is 11.5 Å². The number of nitrogens with two attached hydrogens (primary N) is 1. The van der Waals surface area contributed by atoms with Crippen molar-refractivity contribution in [2.45, 2.75) is 26.7 Å². The van der Waals surface area contributed by atoms with Crippen molar-refractivity contribution in [3.63, 3.8) is 0 Å². The lowest BCUT2D eigenvalue weighted by Gasteiger charge is -2.14. The van der Waals surface area contributed by atoms with E-state index in [4.69, 9.17) is 10.3 Å². The Hall–Kier alpha value is -1.27. The summed E-state index contributed by atoms with van der Waals surface area (Å²) in [5, 5.41) is 3.98. The molecule has 0 unspecified atom stereocenters. The van der Waals surface area contributed by atoms with Gasteiger partial charge in [-0.2, -0.15) is 4.98 Å². The van der Waals surface area contributed by atoms with Gasteiger partial charge in [0.05, 0.1) is 0 Å². The second kappa shape index (κ2) is 6.95. The van der Waals surface area contributed by atoms with Crippen molar-refractivity contribution in [1.82, 2.24) is 15.1 Å². The van der Waals surface area contributed by atoms with E-state index >= 15 is 0 Å². The molecule has 0 aliphatic rings. The van der Waals surface area contributed by atoms with E-state index in [9.17, 15) is 0 Å². The molecule has 2 N–H and O–H groups in total. The minimum Gasteiger partial charge on any atom is -0.339 e. The average Bonchev–Trinajstić information content (AvgIpc) is 2.87. The van der Waals surface area contributed by atoms with Gasteiger partial charge in [-0.1, -0.05) is 19.0 Å². The maximum atomic E-state index is 5.80. The predicted molar refractivity (Wildman–Crippen MR) is 80.9 cm³/mol. The first-order valence-electron chi connectivity index (χ1n) is 6.73. The van der Waals surface area contributed by atoms with Crippen LogP contribution < -0.4 is 5.73 Å². The number of pyridine rings is 1. The van der Waals surface area contributed by atoms with Gasteiger partial charge in [-0.15, -0.1) is 0 Å². The lowest BCUT2D eigenvalue weighted by atomic mass is 9.94. The van der Waals surface area contributed by atoms with E-state index in [1.165, 1.54) is 0 Å². The molecule has 0 aliphatic heterocycles. The molecular weight excluding hydrogens is 320 g/mol. The van der Waals surface area contributed by atoms with Gasteiger partial charge in [0.25, 0.3) is 0 Å². The Morgan fingerprint density at radius 3 is 2.75 bits per heavy atom. The summed E-state index contributed by atoms with van der Waals surface area (Å²) in [4.78, 5) is 8.65. The van der Waals surface area contributed by atoms with Crippen molar-refractivity contribution in [2.75, 3.05) is 6.54 Å². The first kappa shape index (κ1) is 15.1. The van der Waals surface area contributed by atoms with E-state index in [2.05, 4.69) is 44.9 Å². The summed E-state index contributed by atoms with van der Waals surface area (Å²) in [7, 11) is 0. The second-order valence-corrected chi connectivity index (χ2v) is 6.22. The molecular formula is C14H19BrN4O. The van der Waals surface area contributed by atoms with Crippen LogP contribution in [0, 0.1) is 11.8 Å². The van der Waals surface area contributed by atoms with Crippen LogP contribution in [-0.2, 0) is 6.42 Å². The first-order valence-corrected chi connectivity index (χ1v) is 7.52. The zero-order chi connectivity index (χ0) is 14.5. The Balaban J connectivity index is 2.06. The number of aromatic nitrogens is 3. The lowest BCUT2D eigenvalue weighted by molar-refractivity contribution is 0.332. The van der Waals surface area contributed by atoms with Gasteiger partial charge in [0.2, 0.25) is 11.7 Å². The van der Waals surface area contributed by atoms with Crippen LogP contribution in [0.4, 0.5) is 0 Å². The summed E-state index contributed by atoms with van der Waals surface area (Å²) in [5.41, 5.74) is 6.50. The monoisotopic (exact) mass is 338 g/mol. The third-order valence-corrected chi connectivity index (χ3v) is 3.50. The van der Waals surface area contributed by atoms with Crippen LogP contribution in [0.5, 0.6) is 0 Å². The van der Waals surface area contributed by atoms with Crippen molar-refractivity contribution in [1.29, 1.82) is 0 Å². The Labute approximate surface area is 127 Å². The molecule has 2 heterocycles. The summed E-state index contributed by atoms with van der Waals surface area (Å²) in [5.74, 6) is 2.13. The molecule has 0 saturated heterocycles. The minimum atomic E-state index is 0.376. The van der Waals surface area contributed by atoms with Crippen LogP contribution in [0.15, 0.2) is 27.3 Å². The smallest absolute Gasteiger partial charge is 0.227 e. The normalized spacial score (nSPS) is 12.8. The molecule has 0 radical (unpaired) electrons. The Morgan fingerprint density at radius 1 is 1.35 bits per heavy atom. The molecule has 0 saturated carbocycles. The number of hydrogen-bond donors (Lipinski definition) is 1. The van der Waals surface area contributed by atoms with Gasteiger partial charge in [0.15, 0.2) is 0 Å². The van der Waals surface area contributed by atoms with Gasteiger partial charge in [-0.3, -0.25) is 4.98 Å². The van der Waals surface area contributed by atoms with Crippen molar-refractivity contribution < 1.29 is 4.52 Å². The summed E-state index contributed by atoms with van der Waals surface area (Å²) in [6, 6.07) is 3.76. The topological polar surface area (TPSA) is 77.8 Å². The highest BCUT2D eigenvalue weighted by molar-refractivity contribution is 9.10. The van der Waals surface area contributed by atoms with Gasteiger partial charge in [0.1, 0.15) is 5.69 Å². The highest BCUT2D eigenvalue weighted by Crippen LogP contribution is 2.19. The lowest BCUT2D eigenvalue weighted by Crippen LogP contribution is -2.19. The zero-order valence-corrected chi connectivity index (χ0v) is 13.3. The van der Waals surface area contributed by atoms with Gasteiger partial charge in [-0.25, -0.2) is 0 Å². The van der Waals surface area contributed by atoms with Crippen molar-refractivity contribution in [2.24, 2.45) is 17.6 Å². The van der Waals surface area contributed by atoms with Gasteiger partial charge >= 0.3 is 0 Å². The molecule has 0 bridgehead atoms. The summed E-state index contributed by atoms with van der Waals surface area (Å²) in [6.07, 6.45) is 3.50. The Morgan fingerprint density at radius 2 is 2.15 bits per heavy atom. The zero-order valence-electron chi connectivity index (χ0n) is 11.7. The highest BCUT2D eigenvalue weighted by Gasteiger charge is 2.16. The molecule has 2 aromatic heterocycles. The maximum absolute atomic E-state index is 5.80. The van der Waals surface area contributed by atoms with Crippen molar-refractivity contribution >= 4 is 15.9 Å². The summed E-state index contributed by atoms with van der Waals surface area (Å²) < 4.78 is 6.22. The van der Waals surface area contributed by atoms with E-state index in [1.54, 1.807) is 6.20 Å². The van der Waals surface area contributed by atoms with Crippen LogP contribution in [0.2, 0.25) is 0 Å². The molecule has 108 valence electrons. The van der Waals surface area contributed by atoms with E-state index < -0.39 is 0 Å². The predicted octanol–water partition coefficient (Wildman–Crippen LogP) is 3.06. The SMILES string of the molecule is CC(C)C[C@H](CN)Cc1nc(-c2ccc(Br)cn2)no1. The fourth-order valence-corrected chi connectivity index (χ4v) is 2.36. The molecule has 20 heavy (non-hydrogen) atoms. The number of rotatable bonds is 6. The highest BCUT2D eigenvalue weighted by atomic mass is 79.9. The third kappa shape index (κ3) is 4.11. The number of halogens is 1. The molecule has 0 fully saturated rings. The van der Waals surface area contributed by atoms with Crippen LogP contribution in [0.3, 0.4) is 0 Å². The van der Waals surface area contributed by atoms with Gasteiger partial charge in [-0.05, 0) is 52.9 Å². The van der Waals surface area contributed by atoms with Crippen molar-refractivity contribution in [3.8, 4) is 11.5 Å². The molecule has 1 atom stereocenters. The van der Waals surface area contributed by atoms with Gasteiger partial charge in [0, 0.05) is 17.1 Å². The molecule has 0 amide bonds. The number of nitrogens with zero attached hydrogens (tertiary/aromatic N) is 3. The van der Waals surface area contributed by atoms with E-state index in [1.807, 2.05) is 12.1 Å².